The number of Topliss-reactive ketones (excluding diaryl/α,β-unsaturated/α-hetero) is 1. The van der Waals surface area contributed by atoms with Crippen LogP contribution in [0.4, 0.5) is 8.78 Å². The van der Waals surface area contributed by atoms with E-state index in [1.165, 1.54) is 0 Å². The molecule has 0 unspecified atom stereocenters. The molecule has 0 fully saturated rings. The zero-order chi connectivity index (χ0) is 13.8. The van der Waals surface area contributed by atoms with Crippen molar-refractivity contribution in [2.75, 3.05) is 6.54 Å². The number of rotatable bonds is 5. The molecular formula is C14H19F2NO. The van der Waals surface area contributed by atoms with Crippen molar-refractivity contribution in [2.45, 2.75) is 39.2 Å². The van der Waals surface area contributed by atoms with E-state index < -0.39 is 11.6 Å². The van der Waals surface area contributed by atoms with Crippen LogP contribution in [0.5, 0.6) is 0 Å². The van der Waals surface area contributed by atoms with Gasteiger partial charge < -0.3 is 5.32 Å². The molecule has 0 aromatic heterocycles. The van der Waals surface area contributed by atoms with Gasteiger partial charge in [0.2, 0.25) is 0 Å². The maximum Gasteiger partial charge on any atom is 0.138 e. The molecule has 0 radical (unpaired) electrons. The van der Waals surface area contributed by atoms with Crippen molar-refractivity contribution >= 4 is 5.78 Å². The summed E-state index contributed by atoms with van der Waals surface area (Å²) in [5.41, 5.74) is 0.0699. The van der Waals surface area contributed by atoms with E-state index in [0.717, 1.165) is 18.2 Å². The van der Waals surface area contributed by atoms with Crippen molar-refractivity contribution in [1.29, 1.82) is 0 Å². The predicted molar refractivity (Wildman–Crippen MR) is 67.4 cm³/mol. The molecule has 18 heavy (non-hydrogen) atoms. The van der Waals surface area contributed by atoms with E-state index in [-0.39, 0.29) is 23.3 Å². The number of nitrogens with one attached hydrogen (secondary N) is 1. The normalized spacial score (nSPS) is 11.6. The number of hydrogen-bond donors (Lipinski definition) is 1. The molecule has 100 valence electrons. The van der Waals surface area contributed by atoms with Crippen molar-refractivity contribution in [3.05, 3.63) is 35.4 Å². The van der Waals surface area contributed by atoms with Crippen LogP contribution in [0.25, 0.3) is 0 Å². The lowest BCUT2D eigenvalue weighted by Gasteiger charge is -2.20. The number of carbonyl (C=O) groups excluding carboxylic acids is 1. The fraction of sp³-hybridized carbons (Fsp3) is 0.500. The maximum absolute atomic E-state index is 13.3. The Hall–Kier alpha value is -1.29. The molecule has 0 spiro atoms. The van der Waals surface area contributed by atoms with Crippen LogP contribution in [0.2, 0.25) is 0 Å². The molecule has 1 aromatic carbocycles. The average Bonchev–Trinajstić information content (AvgIpc) is 2.21. The smallest absolute Gasteiger partial charge is 0.138 e. The highest BCUT2D eigenvalue weighted by molar-refractivity contribution is 5.81. The lowest BCUT2D eigenvalue weighted by Crippen LogP contribution is -2.37. The Morgan fingerprint density at radius 1 is 1.28 bits per heavy atom. The second-order valence-electron chi connectivity index (χ2n) is 5.38. The van der Waals surface area contributed by atoms with Gasteiger partial charge in [-0.3, -0.25) is 4.79 Å². The molecule has 0 saturated heterocycles. The molecule has 1 rings (SSSR count). The highest BCUT2D eigenvalue weighted by Gasteiger charge is 2.12. The van der Waals surface area contributed by atoms with Gasteiger partial charge in [-0.1, -0.05) is 0 Å². The van der Waals surface area contributed by atoms with E-state index in [4.69, 9.17) is 0 Å². The number of ketones is 1. The molecule has 4 heteroatoms. The van der Waals surface area contributed by atoms with Gasteiger partial charge in [0.1, 0.15) is 17.4 Å². The van der Waals surface area contributed by atoms with Gasteiger partial charge in [0.25, 0.3) is 0 Å². The molecular weight excluding hydrogens is 236 g/mol. The van der Waals surface area contributed by atoms with Crippen LogP contribution in [0, 0.1) is 11.6 Å². The van der Waals surface area contributed by atoms with Crippen LogP contribution < -0.4 is 5.32 Å². The Labute approximate surface area is 106 Å². The van der Waals surface area contributed by atoms with Crippen molar-refractivity contribution in [3.63, 3.8) is 0 Å². The number of benzene rings is 1. The van der Waals surface area contributed by atoms with Crippen molar-refractivity contribution in [2.24, 2.45) is 0 Å². The first kappa shape index (κ1) is 14.8. The van der Waals surface area contributed by atoms with Crippen LogP contribution in [0.1, 0.15) is 32.8 Å². The molecule has 0 bridgehead atoms. The van der Waals surface area contributed by atoms with E-state index in [9.17, 15) is 13.6 Å². The fourth-order valence-electron chi connectivity index (χ4n) is 1.56. The molecule has 0 saturated carbocycles. The molecule has 0 aliphatic carbocycles. The molecule has 0 atom stereocenters. The fourth-order valence-corrected chi connectivity index (χ4v) is 1.56. The molecule has 1 aromatic rings. The zero-order valence-corrected chi connectivity index (χ0v) is 11.0. The largest absolute Gasteiger partial charge is 0.312 e. The minimum atomic E-state index is -0.534. The quantitative estimate of drug-likeness (QED) is 0.876. The number of halogens is 2. The standard InChI is InChI=1S/C14H19F2NO/c1-14(2,3)17-7-6-12(18)9-10-8-11(15)4-5-13(10)16/h4-5,8,17H,6-7,9H2,1-3H3. The van der Waals surface area contributed by atoms with Crippen LogP contribution in [-0.2, 0) is 11.2 Å². The highest BCUT2D eigenvalue weighted by atomic mass is 19.1. The second-order valence-corrected chi connectivity index (χ2v) is 5.38. The Morgan fingerprint density at radius 3 is 2.56 bits per heavy atom. The van der Waals surface area contributed by atoms with Gasteiger partial charge in [0, 0.05) is 24.9 Å². The first-order valence-corrected chi connectivity index (χ1v) is 5.98. The Kier molecular flexibility index (Phi) is 4.96. The highest BCUT2D eigenvalue weighted by Crippen LogP contribution is 2.11. The molecule has 0 aliphatic rings. The van der Waals surface area contributed by atoms with Crippen LogP contribution in [0.15, 0.2) is 18.2 Å². The second kappa shape index (κ2) is 6.05. The minimum Gasteiger partial charge on any atom is -0.312 e. The number of hydrogen-bond acceptors (Lipinski definition) is 2. The van der Waals surface area contributed by atoms with Crippen molar-refractivity contribution < 1.29 is 13.6 Å². The monoisotopic (exact) mass is 255 g/mol. The van der Waals surface area contributed by atoms with Gasteiger partial charge in [0.05, 0.1) is 0 Å². The van der Waals surface area contributed by atoms with Crippen molar-refractivity contribution in [1.82, 2.24) is 5.32 Å². The summed E-state index contributed by atoms with van der Waals surface area (Å²) in [4.78, 5) is 11.6. The summed E-state index contributed by atoms with van der Waals surface area (Å²) in [6, 6.07) is 3.17. The third kappa shape index (κ3) is 5.36. The van der Waals surface area contributed by atoms with Crippen LogP contribution in [0.3, 0.4) is 0 Å². The molecule has 2 nitrogen and oxygen atoms in total. The molecule has 1 N–H and O–H groups in total. The SMILES string of the molecule is CC(C)(C)NCCC(=O)Cc1cc(F)ccc1F. The van der Waals surface area contributed by atoms with Gasteiger partial charge in [0.15, 0.2) is 0 Å². The van der Waals surface area contributed by atoms with Crippen LogP contribution in [-0.4, -0.2) is 17.9 Å². The topological polar surface area (TPSA) is 29.1 Å². The summed E-state index contributed by atoms with van der Waals surface area (Å²) in [7, 11) is 0. The van der Waals surface area contributed by atoms with Crippen LogP contribution >= 0.6 is 0 Å². The Bertz CT molecular complexity index is 424. The van der Waals surface area contributed by atoms with E-state index in [1.807, 2.05) is 20.8 Å². The van der Waals surface area contributed by atoms with Gasteiger partial charge in [-0.15, -0.1) is 0 Å². The Morgan fingerprint density at radius 2 is 1.94 bits per heavy atom. The van der Waals surface area contributed by atoms with Gasteiger partial charge >= 0.3 is 0 Å². The van der Waals surface area contributed by atoms with Gasteiger partial charge in [-0.2, -0.15) is 0 Å². The summed E-state index contributed by atoms with van der Waals surface area (Å²) in [6.07, 6.45) is 0.253. The number of carbonyl (C=O) groups is 1. The first-order valence-electron chi connectivity index (χ1n) is 5.98. The maximum atomic E-state index is 13.3. The predicted octanol–water partition coefficient (Wildman–Crippen LogP) is 2.85. The van der Waals surface area contributed by atoms with Crippen molar-refractivity contribution in [3.8, 4) is 0 Å². The Balaban J connectivity index is 2.47. The zero-order valence-electron chi connectivity index (χ0n) is 11.0. The van der Waals surface area contributed by atoms with Gasteiger partial charge in [-0.05, 0) is 44.5 Å². The molecule has 0 aliphatic heterocycles. The van der Waals surface area contributed by atoms with E-state index in [0.29, 0.717) is 13.0 Å². The minimum absolute atomic E-state index is 0.0512. The van der Waals surface area contributed by atoms with E-state index in [2.05, 4.69) is 5.32 Å². The lowest BCUT2D eigenvalue weighted by molar-refractivity contribution is -0.118. The summed E-state index contributed by atoms with van der Waals surface area (Å²) in [6.45, 7) is 6.55. The third-order valence-corrected chi connectivity index (χ3v) is 2.45. The summed E-state index contributed by atoms with van der Waals surface area (Å²) >= 11 is 0. The summed E-state index contributed by atoms with van der Waals surface area (Å²) < 4.78 is 26.2. The molecule has 0 heterocycles. The summed E-state index contributed by atoms with van der Waals surface area (Å²) in [5, 5.41) is 3.18. The van der Waals surface area contributed by atoms with E-state index >= 15 is 0 Å². The first-order chi connectivity index (χ1) is 8.28. The molecule has 0 amide bonds. The lowest BCUT2D eigenvalue weighted by atomic mass is 10.1. The average molecular weight is 255 g/mol. The van der Waals surface area contributed by atoms with Gasteiger partial charge in [-0.25, -0.2) is 8.78 Å². The van der Waals surface area contributed by atoms with E-state index in [1.54, 1.807) is 0 Å². The third-order valence-electron chi connectivity index (χ3n) is 2.45. The summed E-state index contributed by atoms with van der Waals surface area (Å²) in [5.74, 6) is -1.16.